The van der Waals surface area contributed by atoms with Crippen LogP contribution in [-0.4, -0.2) is 22.0 Å². The second-order valence-electron chi connectivity index (χ2n) is 5.23. The van der Waals surface area contributed by atoms with E-state index in [1.807, 2.05) is 6.07 Å². The number of carboxylic acid groups (broad SMARTS) is 1. The lowest BCUT2D eigenvalue weighted by Gasteiger charge is -2.08. The predicted octanol–water partition coefficient (Wildman–Crippen LogP) is 3.21. The molecular weight excluding hydrogens is 288 g/mol. The maximum atomic E-state index is 12.3. The molecule has 2 aromatic heterocycles. The number of anilines is 1. The summed E-state index contributed by atoms with van der Waals surface area (Å²) in [5, 5.41) is 11.9. The number of nitrogens with one attached hydrogen (secondary N) is 2. The van der Waals surface area contributed by atoms with E-state index in [1.54, 1.807) is 6.92 Å². The molecule has 21 heavy (non-hydrogen) atoms. The van der Waals surface area contributed by atoms with E-state index in [4.69, 9.17) is 0 Å². The molecule has 0 bridgehead atoms. The van der Waals surface area contributed by atoms with E-state index in [0.717, 1.165) is 12.8 Å². The third-order valence-electron chi connectivity index (χ3n) is 3.76. The summed E-state index contributed by atoms with van der Waals surface area (Å²) in [7, 11) is 0. The first-order valence-electron chi connectivity index (χ1n) is 6.90. The number of H-pyrrole nitrogens is 1. The SMILES string of the molecule is Cc1[nH]cc(NC(=O)c2cc3c(s2)CCCC3)c1C(=O)O. The van der Waals surface area contributed by atoms with Crippen molar-refractivity contribution in [2.24, 2.45) is 0 Å². The topological polar surface area (TPSA) is 82.2 Å². The first-order valence-corrected chi connectivity index (χ1v) is 7.72. The van der Waals surface area contributed by atoms with Gasteiger partial charge in [0.25, 0.3) is 5.91 Å². The van der Waals surface area contributed by atoms with Crippen molar-refractivity contribution in [1.29, 1.82) is 0 Å². The number of carbonyl (C=O) groups excluding carboxylic acids is 1. The van der Waals surface area contributed by atoms with Crippen molar-refractivity contribution in [3.8, 4) is 0 Å². The first-order chi connectivity index (χ1) is 10.1. The molecule has 3 rings (SSSR count). The van der Waals surface area contributed by atoms with E-state index in [2.05, 4.69) is 10.3 Å². The lowest BCUT2D eigenvalue weighted by Crippen LogP contribution is -2.12. The van der Waals surface area contributed by atoms with Gasteiger partial charge in [-0.2, -0.15) is 0 Å². The van der Waals surface area contributed by atoms with Crippen LogP contribution in [0.3, 0.4) is 0 Å². The second kappa shape index (κ2) is 5.37. The summed E-state index contributed by atoms with van der Waals surface area (Å²) in [6, 6.07) is 1.94. The van der Waals surface area contributed by atoms with Gasteiger partial charge in [0.15, 0.2) is 0 Å². The molecule has 110 valence electrons. The Morgan fingerprint density at radius 3 is 2.81 bits per heavy atom. The van der Waals surface area contributed by atoms with Crippen molar-refractivity contribution in [3.05, 3.63) is 38.8 Å². The number of amides is 1. The molecule has 6 heteroatoms. The molecule has 0 saturated heterocycles. The van der Waals surface area contributed by atoms with Gasteiger partial charge >= 0.3 is 5.97 Å². The van der Waals surface area contributed by atoms with Crippen LogP contribution >= 0.6 is 11.3 Å². The number of rotatable bonds is 3. The summed E-state index contributed by atoms with van der Waals surface area (Å²) in [6.07, 6.45) is 5.93. The van der Waals surface area contributed by atoms with E-state index < -0.39 is 5.97 Å². The van der Waals surface area contributed by atoms with Crippen molar-refractivity contribution in [1.82, 2.24) is 4.98 Å². The van der Waals surface area contributed by atoms with Gasteiger partial charge < -0.3 is 15.4 Å². The second-order valence-corrected chi connectivity index (χ2v) is 6.36. The highest BCUT2D eigenvalue weighted by Crippen LogP contribution is 2.30. The number of thiophene rings is 1. The van der Waals surface area contributed by atoms with Crippen LogP contribution in [-0.2, 0) is 12.8 Å². The molecule has 1 amide bonds. The Morgan fingerprint density at radius 2 is 2.10 bits per heavy atom. The Labute approximate surface area is 126 Å². The molecule has 2 heterocycles. The maximum Gasteiger partial charge on any atom is 0.339 e. The highest BCUT2D eigenvalue weighted by molar-refractivity contribution is 7.14. The van der Waals surface area contributed by atoms with E-state index in [1.165, 1.54) is 40.8 Å². The Balaban J connectivity index is 1.83. The van der Waals surface area contributed by atoms with E-state index in [-0.39, 0.29) is 11.5 Å². The Morgan fingerprint density at radius 1 is 1.33 bits per heavy atom. The summed E-state index contributed by atoms with van der Waals surface area (Å²) in [4.78, 5) is 28.3. The van der Waals surface area contributed by atoms with E-state index in [0.29, 0.717) is 16.3 Å². The molecule has 5 nitrogen and oxygen atoms in total. The number of aryl methyl sites for hydroxylation is 3. The molecule has 0 aromatic carbocycles. The lowest BCUT2D eigenvalue weighted by atomic mass is 9.99. The molecule has 0 aliphatic heterocycles. The minimum absolute atomic E-state index is 0.115. The average Bonchev–Trinajstić information content (AvgIpc) is 3.02. The summed E-state index contributed by atoms with van der Waals surface area (Å²) in [5.41, 5.74) is 2.23. The van der Waals surface area contributed by atoms with E-state index in [9.17, 15) is 14.7 Å². The van der Waals surface area contributed by atoms with Crippen LogP contribution in [0.2, 0.25) is 0 Å². The monoisotopic (exact) mass is 304 g/mol. The number of aromatic amines is 1. The Kier molecular flexibility index (Phi) is 3.55. The van der Waals surface area contributed by atoms with Gasteiger partial charge in [0.05, 0.1) is 10.6 Å². The van der Waals surface area contributed by atoms with Crippen molar-refractivity contribution in [2.75, 3.05) is 5.32 Å². The molecule has 0 saturated carbocycles. The standard InChI is InChI=1S/C15H16N2O3S/c1-8-13(15(19)20)10(7-16-8)17-14(18)12-6-9-4-2-3-5-11(9)21-12/h6-7,16H,2-5H2,1H3,(H,17,18)(H,19,20). The van der Waals surface area contributed by atoms with Gasteiger partial charge in [-0.05, 0) is 44.2 Å². The molecule has 0 fully saturated rings. The summed E-state index contributed by atoms with van der Waals surface area (Å²) in [5.74, 6) is -1.29. The number of fused-ring (bicyclic) bond motifs is 1. The van der Waals surface area contributed by atoms with Crippen LogP contribution in [0.15, 0.2) is 12.3 Å². The van der Waals surface area contributed by atoms with Crippen LogP contribution in [0, 0.1) is 6.92 Å². The molecule has 0 atom stereocenters. The number of carbonyl (C=O) groups is 2. The number of aromatic carboxylic acids is 1. The van der Waals surface area contributed by atoms with Crippen LogP contribution in [0.4, 0.5) is 5.69 Å². The van der Waals surface area contributed by atoms with Gasteiger partial charge in [-0.25, -0.2) is 4.79 Å². The number of hydrogen-bond acceptors (Lipinski definition) is 3. The van der Waals surface area contributed by atoms with Crippen molar-refractivity contribution < 1.29 is 14.7 Å². The fourth-order valence-corrected chi connectivity index (χ4v) is 3.84. The summed E-state index contributed by atoms with van der Waals surface area (Å²) >= 11 is 1.51. The molecule has 0 spiro atoms. The van der Waals surface area contributed by atoms with Gasteiger partial charge in [0.1, 0.15) is 5.56 Å². The van der Waals surface area contributed by atoms with Crippen LogP contribution in [0.5, 0.6) is 0 Å². The highest BCUT2D eigenvalue weighted by atomic mass is 32.1. The molecule has 0 unspecified atom stereocenters. The van der Waals surface area contributed by atoms with Crippen LogP contribution < -0.4 is 5.32 Å². The minimum atomic E-state index is -1.05. The number of aromatic nitrogens is 1. The van der Waals surface area contributed by atoms with Gasteiger partial charge in [-0.15, -0.1) is 11.3 Å². The smallest absolute Gasteiger partial charge is 0.339 e. The highest BCUT2D eigenvalue weighted by Gasteiger charge is 2.20. The van der Waals surface area contributed by atoms with Gasteiger partial charge in [0.2, 0.25) is 0 Å². The Hall–Kier alpha value is -2.08. The molecular formula is C15H16N2O3S. The van der Waals surface area contributed by atoms with Crippen LogP contribution in [0.25, 0.3) is 0 Å². The predicted molar refractivity (Wildman–Crippen MR) is 81.4 cm³/mol. The van der Waals surface area contributed by atoms with Gasteiger partial charge in [0, 0.05) is 16.8 Å². The van der Waals surface area contributed by atoms with Crippen molar-refractivity contribution >= 4 is 28.9 Å². The fourth-order valence-electron chi connectivity index (χ4n) is 2.69. The van der Waals surface area contributed by atoms with Crippen molar-refractivity contribution in [2.45, 2.75) is 32.6 Å². The normalized spacial score (nSPS) is 13.8. The largest absolute Gasteiger partial charge is 0.478 e. The fraction of sp³-hybridized carbons (Fsp3) is 0.333. The molecule has 1 aliphatic carbocycles. The minimum Gasteiger partial charge on any atom is -0.478 e. The third kappa shape index (κ3) is 2.58. The first kappa shape index (κ1) is 13.9. The molecule has 0 radical (unpaired) electrons. The number of hydrogen-bond donors (Lipinski definition) is 3. The molecule has 1 aliphatic rings. The summed E-state index contributed by atoms with van der Waals surface area (Å²) in [6.45, 7) is 1.67. The van der Waals surface area contributed by atoms with Gasteiger partial charge in [-0.1, -0.05) is 0 Å². The maximum absolute atomic E-state index is 12.3. The van der Waals surface area contributed by atoms with Gasteiger partial charge in [-0.3, -0.25) is 4.79 Å². The lowest BCUT2D eigenvalue weighted by molar-refractivity contribution is 0.0697. The molecule has 3 N–H and O–H groups in total. The van der Waals surface area contributed by atoms with E-state index >= 15 is 0 Å². The quantitative estimate of drug-likeness (QED) is 0.814. The summed E-state index contributed by atoms with van der Waals surface area (Å²) < 4.78 is 0. The zero-order valence-corrected chi connectivity index (χ0v) is 12.5. The average molecular weight is 304 g/mol. The molecule has 2 aromatic rings. The Bertz CT molecular complexity index is 691. The zero-order valence-electron chi connectivity index (χ0n) is 11.7. The number of carboxylic acids is 1. The zero-order chi connectivity index (χ0) is 15.0. The van der Waals surface area contributed by atoms with Crippen molar-refractivity contribution in [3.63, 3.8) is 0 Å². The third-order valence-corrected chi connectivity index (χ3v) is 5.00. The van der Waals surface area contributed by atoms with Crippen LogP contribution in [0.1, 0.15) is 49.0 Å².